The van der Waals surface area contributed by atoms with Crippen LogP contribution in [-0.2, 0) is 16.0 Å². The van der Waals surface area contributed by atoms with Gasteiger partial charge >= 0.3 is 0 Å². The number of carbonyl (C=O) groups is 1. The molecule has 1 aromatic carbocycles. The maximum Gasteiger partial charge on any atom is 0.223 e. The third kappa shape index (κ3) is 4.14. The molecular weight excluding hydrogens is 340 g/mol. The summed E-state index contributed by atoms with van der Waals surface area (Å²) in [6.45, 7) is 4.10. The van der Waals surface area contributed by atoms with Gasteiger partial charge in [-0.1, -0.05) is 30.3 Å². The molecular formula is C22H26N2O3. The molecule has 2 aliphatic rings. The highest BCUT2D eigenvalue weighted by molar-refractivity contribution is 5.77. The molecule has 4 rings (SSSR count). The lowest BCUT2D eigenvalue weighted by molar-refractivity contribution is -0.193. The summed E-state index contributed by atoms with van der Waals surface area (Å²) in [7, 11) is 0. The molecule has 27 heavy (non-hydrogen) atoms. The van der Waals surface area contributed by atoms with Crippen molar-refractivity contribution in [2.45, 2.75) is 44.3 Å². The molecule has 2 saturated heterocycles. The molecule has 142 valence electrons. The molecule has 1 amide bonds. The van der Waals surface area contributed by atoms with E-state index in [2.05, 4.69) is 24.0 Å². The van der Waals surface area contributed by atoms with Crippen molar-refractivity contribution in [3.63, 3.8) is 0 Å². The van der Waals surface area contributed by atoms with Gasteiger partial charge in [-0.2, -0.15) is 0 Å². The number of aromatic nitrogens is 1. The van der Waals surface area contributed by atoms with Crippen molar-refractivity contribution in [2.24, 2.45) is 0 Å². The number of carbonyl (C=O) groups excluding carboxylic acids is 1. The minimum atomic E-state index is -0.240. The minimum Gasteiger partial charge on any atom is -0.474 e. The summed E-state index contributed by atoms with van der Waals surface area (Å²) in [5, 5.41) is 0. The summed E-state index contributed by atoms with van der Waals surface area (Å²) in [5.41, 5.74) is 2.25. The second-order valence-electron chi connectivity index (χ2n) is 7.61. The SMILES string of the molecule is Cc1ccccc1CCC(=O)N1CC2(CC(Oc3ccccn3)CCO2)C1. The molecule has 3 heterocycles. The van der Waals surface area contributed by atoms with Crippen LogP contribution in [0, 0.1) is 6.92 Å². The van der Waals surface area contributed by atoms with Crippen molar-refractivity contribution in [1.82, 2.24) is 9.88 Å². The molecule has 2 fully saturated rings. The Labute approximate surface area is 160 Å². The summed E-state index contributed by atoms with van der Waals surface area (Å²) < 4.78 is 12.0. The molecule has 2 aliphatic heterocycles. The van der Waals surface area contributed by atoms with E-state index in [1.165, 1.54) is 11.1 Å². The molecule has 5 heteroatoms. The third-order valence-corrected chi connectivity index (χ3v) is 5.55. The van der Waals surface area contributed by atoms with Crippen molar-refractivity contribution in [3.8, 4) is 5.88 Å². The van der Waals surface area contributed by atoms with E-state index >= 15 is 0 Å². The summed E-state index contributed by atoms with van der Waals surface area (Å²) in [5.74, 6) is 0.866. The van der Waals surface area contributed by atoms with E-state index in [1.54, 1.807) is 6.20 Å². The van der Waals surface area contributed by atoms with Crippen molar-refractivity contribution in [3.05, 3.63) is 59.8 Å². The van der Waals surface area contributed by atoms with Crippen LogP contribution >= 0.6 is 0 Å². The highest BCUT2D eigenvalue weighted by atomic mass is 16.5. The van der Waals surface area contributed by atoms with Crippen LogP contribution < -0.4 is 4.74 Å². The Kier molecular flexibility index (Phi) is 5.12. The van der Waals surface area contributed by atoms with E-state index in [9.17, 15) is 4.79 Å². The van der Waals surface area contributed by atoms with Gasteiger partial charge in [-0.3, -0.25) is 4.79 Å². The number of nitrogens with zero attached hydrogens (tertiary/aromatic N) is 2. The zero-order chi connectivity index (χ0) is 18.7. The van der Waals surface area contributed by atoms with E-state index in [1.807, 2.05) is 35.2 Å². The Morgan fingerprint density at radius 1 is 1.26 bits per heavy atom. The van der Waals surface area contributed by atoms with Gasteiger partial charge in [-0.05, 0) is 30.5 Å². The average molecular weight is 366 g/mol. The molecule has 2 aromatic rings. The maximum absolute atomic E-state index is 12.5. The molecule has 0 radical (unpaired) electrons. The first-order valence-corrected chi connectivity index (χ1v) is 9.67. The van der Waals surface area contributed by atoms with Crippen LogP contribution in [0.5, 0.6) is 5.88 Å². The summed E-state index contributed by atoms with van der Waals surface area (Å²) in [6.07, 6.45) is 4.85. The predicted molar refractivity (Wildman–Crippen MR) is 103 cm³/mol. The van der Waals surface area contributed by atoms with Crippen molar-refractivity contribution >= 4 is 5.91 Å². The number of rotatable bonds is 5. The highest BCUT2D eigenvalue weighted by Gasteiger charge is 2.49. The summed E-state index contributed by atoms with van der Waals surface area (Å²) in [6, 6.07) is 13.9. The third-order valence-electron chi connectivity index (χ3n) is 5.55. The van der Waals surface area contributed by atoms with Gasteiger partial charge in [-0.15, -0.1) is 0 Å². The Morgan fingerprint density at radius 3 is 2.85 bits per heavy atom. The van der Waals surface area contributed by atoms with Crippen LogP contribution in [0.25, 0.3) is 0 Å². The number of pyridine rings is 1. The second kappa shape index (κ2) is 7.69. The first-order valence-electron chi connectivity index (χ1n) is 9.67. The molecule has 0 N–H and O–H groups in total. The normalized spacial score (nSPS) is 20.9. The fourth-order valence-corrected chi connectivity index (χ4v) is 4.01. The van der Waals surface area contributed by atoms with Gasteiger partial charge in [-0.25, -0.2) is 4.98 Å². The zero-order valence-corrected chi connectivity index (χ0v) is 15.8. The smallest absolute Gasteiger partial charge is 0.223 e. The van der Waals surface area contributed by atoms with Gasteiger partial charge in [0.05, 0.1) is 19.7 Å². The van der Waals surface area contributed by atoms with Crippen LogP contribution in [0.15, 0.2) is 48.7 Å². The lowest BCUT2D eigenvalue weighted by atomic mass is 9.84. The fraction of sp³-hybridized carbons (Fsp3) is 0.455. The molecule has 5 nitrogen and oxygen atoms in total. The Bertz CT molecular complexity index is 787. The molecule has 1 atom stereocenters. The number of hydrogen-bond donors (Lipinski definition) is 0. The Hall–Kier alpha value is -2.40. The van der Waals surface area contributed by atoms with E-state index in [0.717, 1.165) is 19.3 Å². The van der Waals surface area contributed by atoms with E-state index in [4.69, 9.17) is 9.47 Å². The average Bonchev–Trinajstić information content (AvgIpc) is 2.66. The first-order chi connectivity index (χ1) is 13.1. The minimum absolute atomic E-state index is 0.0953. The Morgan fingerprint density at radius 2 is 2.07 bits per heavy atom. The first kappa shape index (κ1) is 18.0. The molecule has 0 bridgehead atoms. The maximum atomic E-state index is 12.5. The quantitative estimate of drug-likeness (QED) is 0.816. The standard InChI is InChI=1S/C22H26N2O3/c1-17-6-2-3-7-18(17)9-10-21(25)24-15-22(16-24)14-19(11-13-26-22)27-20-8-4-5-12-23-20/h2-8,12,19H,9-11,13-16H2,1H3. The molecule has 1 spiro atoms. The van der Waals surface area contributed by atoms with E-state index in [-0.39, 0.29) is 17.6 Å². The monoisotopic (exact) mass is 366 g/mol. The number of likely N-dealkylation sites (tertiary alicyclic amines) is 1. The largest absolute Gasteiger partial charge is 0.474 e. The van der Waals surface area contributed by atoms with Crippen molar-refractivity contribution in [2.75, 3.05) is 19.7 Å². The number of amides is 1. The van der Waals surface area contributed by atoms with Gasteiger partial charge in [0.15, 0.2) is 0 Å². The van der Waals surface area contributed by atoms with Gasteiger partial charge in [0.25, 0.3) is 0 Å². The fourth-order valence-electron chi connectivity index (χ4n) is 4.01. The van der Waals surface area contributed by atoms with Crippen molar-refractivity contribution < 1.29 is 14.3 Å². The topological polar surface area (TPSA) is 51.7 Å². The summed E-state index contributed by atoms with van der Waals surface area (Å²) >= 11 is 0. The number of ether oxygens (including phenoxy) is 2. The van der Waals surface area contributed by atoms with E-state index < -0.39 is 0 Å². The Balaban J connectivity index is 1.27. The summed E-state index contributed by atoms with van der Waals surface area (Å²) in [4.78, 5) is 18.7. The van der Waals surface area contributed by atoms with Crippen LogP contribution in [0.2, 0.25) is 0 Å². The second-order valence-corrected chi connectivity index (χ2v) is 7.61. The van der Waals surface area contributed by atoms with E-state index in [0.29, 0.717) is 32.0 Å². The molecule has 1 aromatic heterocycles. The van der Waals surface area contributed by atoms with Gasteiger partial charge in [0, 0.05) is 31.5 Å². The van der Waals surface area contributed by atoms with Gasteiger partial charge < -0.3 is 14.4 Å². The van der Waals surface area contributed by atoms with Crippen molar-refractivity contribution in [1.29, 1.82) is 0 Å². The number of hydrogen-bond acceptors (Lipinski definition) is 4. The highest BCUT2D eigenvalue weighted by Crippen LogP contribution is 2.36. The van der Waals surface area contributed by atoms with Gasteiger partial charge in [0.2, 0.25) is 11.8 Å². The van der Waals surface area contributed by atoms with Crippen LogP contribution in [0.3, 0.4) is 0 Å². The molecule has 0 aliphatic carbocycles. The lowest BCUT2D eigenvalue weighted by Gasteiger charge is -2.52. The van der Waals surface area contributed by atoms with Crippen LogP contribution in [0.1, 0.15) is 30.4 Å². The van der Waals surface area contributed by atoms with Gasteiger partial charge in [0.1, 0.15) is 11.7 Å². The number of aryl methyl sites for hydroxylation is 2. The van der Waals surface area contributed by atoms with Crippen LogP contribution in [0.4, 0.5) is 0 Å². The molecule has 0 saturated carbocycles. The lowest BCUT2D eigenvalue weighted by Crippen LogP contribution is -2.67. The molecule has 1 unspecified atom stereocenters. The zero-order valence-electron chi connectivity index (χ0n) is 15.8. The predicted octanol–water partition coefficient (Wildman–Crippen LogP) is 3.16. The number of benzene rings is 1. The van der Waals surface area contributed by atoms with Crippen LogP contribution in [-0.4, -0.2) is 47.2 Å².